The normalized spacial score (nSPS) is 11.9. The Bertz CT molecular complexity index is 1160. The Morgan fingerprint density at radius 1 is 0.800 bits per heavy atom. The number of hydrogen-bond donors (Lipinski definition) is 0. The SMILES string of the molecule is COc1ccc(-c2nnc(N(C)C(C)c3ccccc3)c3ccccc23)c(OC)c1. The Morgan fingerprint density at radius 2 is 1.50 bits per heavy atom. The van der Waals surface area contributed by atoms with Crippen molar-refractivity contribution >= 4 is 16.6 Å². The molecule has 0 aliphatic carbocycles. The molecular weight excluding hydrogens is 374 g/mol. The molecule has 1 unspecified atom stereocenters. The van der Waals surface area contributed by atoms with E-state index in [1.807, 2.05) is 36.4 Å². The second-order valence-corrected chi connectivity index (χ2v) is 7.18. The first-order chi connectivity index (χ1) is 14.6. The molecule has 1 atom stereocenters. The first-order valence-corrected chi connectivity index (χ1v) is 9.89. The standard InChI is InChI=1S/C25H25N3O2/c1-17(18-10-6-5-7-11-18)28(2)25-21-13-9-8-12-20(21)24(26-27-25)22-15-14-19(29-3)16-23(22)30-4/h5-17H,1-4H3. The number of benzene rings is 3. The molecule has 0 saturated carbocycles. The predicted octanol–water partition coefficient (Wildman–Crippen LogP) is 5.51. The fourth-order valence-corrected chi connectivity index (χ4v) is 3.68. The summed E-state index contributed by atoms with van der Waals surface area (Å²) < 4.78 is 10.9. The Morgan fingerprint density at radius 3 is 2.20 bits per heavy atom. The van der Waals surface area contributed by atoms with Crippen molar-refractivity contribution in [1.82, 2.24) is 10.2 Å². The summed E-state index contributed by atoms with van der Waals surface area (Å²) in [4.78, 5) is 2.17. The first-order valence-electron chi connectivity index (χ1n) is 9.89. The molecule has 0 bridgehead atoms. The number of fused-ring (bicyclic) bond motifs is 1. The van der Waals surface area contributed by atoms with Crippen molar-refractivity contribution in [3.05, 3.63) is 78.4 Å². The van der Waals surface area contributed by atoms with E-state index in [1.54, 1.807) is 14.2 Å². The van der Waals surface area contributed by atoms with Crippen LogP contribution in [0.4, 0.5) is 5.82 Å². The van der Waals surface area contributed by atoms with Gasteiger partial charge in [-0.2, -0.15) is 0 Å². The van der Waals surface area contributed by atoms with Gasteiger partial charge in [0.25, 0.3) is 0 Å². The van der Waals surface area contributed by atoms with Gasteiger partial charge in [0, 0.05) is 29.4 Å². The number of rotatable bonds is 6. The van der Waals surface area contributed by atoms with Crippen molar-refractivity contribution in [2.24, 2.45) is 0 Å². The average Bonchev–Trinajstić information content (AvgIpc) is 2.82. The van der Waals surface area contributed by atoms with Crippen LogP contribution in [-0.2, 0) is 0 Å². The van der Waals surface area contributed by atoms with E-state index >= 15 is 0 Å². The van der Waals surface area contributed by atoms with Gasteiger partial charge < -0.3 is 14.4 Å². The van der Waals surface area contributed by atoms with Gasteiger partial charge >= 0.3 is 0 Å². The minimum Gasteiger partial charge on any atom is -0.497 e. The van der Waals surface area contributed by atoms with Crippen LogP contribution >= 0.6 is 0 Å². The molecule has 1 heterocycles. The monoisotopic (exact) mass is 399 g/mol. The highest BCUT2D eigenvalue weighted by molar-refractivity contribution is 6.01. The van der Waals surface area contributed by atoms with Gasteiger partial charge in [-0.15, -0.1) is 10.2 Å². The van der Waals surface area contributed by atoms with E-state index in [9.17, 15) is 0 Å². The molecule has 0 N–H and O–H groups in total. The lowest BCUT2D eigenvalue weighted by Gasteiger charge is -2.27. The molecule has 0 amide bonds. The fraction of sp³-hybridized carbons (Fsp3) is 0.200. The van der Waals surface area contributed by atoms with Crippen LogP contribution in [0.5, 0.6) is 11.5 Å². The van der Waals surface area contributed by atoms with Crippen LogP contribution in [0.1, 0.15) is 18.5 Å². The van der Waals surface area contributed by atoms with E-state index in [2.05, 4.69) is 65.5 Å². The van der Waals surface area contributed by atoms with Crippen molar-refractivity contribution in [2.45, 2.75) is 13.0 Å². The lowest BCUT2D eigenvalue weighted by molar-refractivity contribution is 0.395. The topological polar surface area (TPSA) is 47.5 Å². The number of hydrogen-bond acceptors (Lipinski definition) is 5. The summed E-state index contributed by atoms with van der Waals surface area (Å²) >= 11 is 0. The zero-order valence-corrected chi connectivity index (χ0v) is 17.7. The van der Waals surface area contributed by atoms with Crippen molar-refractivity contribution in [2.75, 3.05) is 26.2 Å². The number of aromatic nitrogens is 2. The van der Waals surface area contributed by atoms with Crippen molar-refractivity contribution in [1.29, 1.82) is 0 Å². The summed E-state index contributed by atoms with van der Waals surface area (Å²) in [6.07, 6.45) is 0. The molecule has 4 aromatic rings. The van der Waals surface area contributed by atoms with Gasteiger partial charge in [-0.05, 0) is 24.6 Å². The lowest BCUT2D eigenvalue weighted by atomic mass is 10.0. The maximum atomic E-state index is 5.61. The third kappa shape index (κ3) is 3.54. The van der Waals surface area contributed by atoms with E-state index in [-0.39, 0.29) is 6.04 Å². The summed E-state index contributed by atoms with van der Waals surface area (Å²) in [6.45, 7) is 2.17. The number of nitrogens with zero attached hydrogens (tertiary/aromatic N) is 3. The maximum absolute atomic E-state index is 5.61. The molecular formula is C25H25N3O2. The zero-order valence-electron chi connectivity index (χ0n) is 17.7. The summed E-state index contributed by atoms with van der Waals surface area (Å²) in [5, 5.41) is 11.3. The van der Waals surface area contributed by atoms with Crippen LogP contribution in [0.3, 0.4) is 0 Å². The third-order valence-electron chi connectivity index (χ3n) is 5.53. The molecule has 3 aromatic carbocycles. The van der Waals surface area contributed by atoms with Crippen LogP contribution in [-0.4, -0.2) is 31.5 Å². The number of methoxy groups -OCH3 is 2. The molecule has 4 rings (SSSR count). The summed E-state index contributed by atoms with van der Waals surface area (Å²) in [6, 6.07) is 24.5. The first kappa shape index (κ1) is 19.7. The van der Waals surface area contributed by atoms with Crippen LogP contribution in [0.25, 0.3) is 22.0 Å². The maximum Gasteiger partial charge on any atom is 0.159 e. The highest BCUT2D eigenvalue weighted by atomic mass is 16.5. The Hall–Kier alpha value is -3.60. The van der Waals surface area contributed by atoms with Gasteiger partial charge in [0.1, 0.15) is 17.2 Å². The van der Waals surface area contributed by atoms with E-state index in [4.69, 9.17) is 9.47 Å². The van der Waals surface area contributed by atoms with Gasteiger partial charge in [0.15, 0.2) is 5.82 Å². The molecule has 0 aliphatic heterocycles. The predicted molar refractivity (Wildman–Crippen MR) is 121 cm³/mol. The third-order valence-corrected chi connectivity index (χ3v) is 5.53. The van der Waals surface area contributed by atoms with Gasteiger partial charge in [-0.25, -0.2) is 0 Å². The van der Waals surface area contributed by atoms with Crippen LogP contribution in [0.2, 0.25) is 0 Å². The molecule has 0 radical (unpaired) electrons. The smallest absolute Gasteiger partial charge is 0.159 e. The van der Waals surface area contributed by atoms with Crippen molar-refractivity contribution < 1.29 is 9.47 Å². The second-order valence-electron chi connectivity index (χ2n) is 7.18. The number of anilines is 1. The van der Waals surface area contributed by atoms with Crippen LogP contribution in [0.15, 0.2) is 72.8 Å². The summed E-state index contributed by atoms with van der Waals surface area (Å²) in [5.74, 6) is 2.28. The number of ether oxygens (including phenoxy) is 2. The van der Waals surface area contributed by atoms with E-state index in [0.29, 0.717) is 5.75 Å². The Labute approximate surface area is 176 Å². The molecule has 5 heteroatoms. The highest BCUT2D eigenvalue weighted by Gasteiger charge is 2.20. The van der Waals surface area contributed by atoms with Crippen LogP contribution < -0.4 is 14.4 Å². The van der Waals surface area contributed by atoms with Crippen LogP contribution in [0, 0.1) is 0 Å². The molecule has 5 nitrogen and oxygen atoms in total. The van der Waals surface area contributed by atoms with E-state index in [1.165, 1.54) is 5.56 Å². The van der Waals surface area contributed by atoms with Gasteiger partial charge in [0.2, 0.25) is 0 Å². The largest absolute Gasteiger partial charge is 0.497 e. The average molecular weight is 399 g/mol. The fourth-order valence-electron chi connectivity index (χ4n) is 3.68. The van der Waals surface area contributed by atoms with E-state index in [0.717, 1.165) is 33.6 Å². The lowest BCUT2D eigenvalue weighted by Crippen LogP contribution is -2.23. The minimum absolute atomic E-state index is 0.158. The molecule has 0 spiro atoms. The molecule has 1 aromatic heterocycles. The quantitative estimate of drug-likeness (QED) is 0.428. The Balaban J connectivity index is 1.83. The molecule has 152 valence electrons. The summed E-state index contributed by atoms with van der Waals surface area (Å²) in [5.41, 5.74) is 2.90. The van der Waals surface area contributed by atoms with Crippen molar-refractivity contribution in [3.63, 3.8) is 0 Å². The van der Waals surface area contributed by atoms with Crippen molar-refractivity contribution in [3.8, 4) is 22.8 Å². The molecule has 0 fully saturated rings. The molecule has 0 saturated heterocycles. The zero-order chi connectivity index (χ0) is 21.1. The molecule has 0 aliphatic rings. The van der Waals surface area contributed by atoms with Gasteiger partial charge in [0.05, 0.1) is 20.3 Å². The van der Waals surface area contributed by atoms with Gasteiger partial charge in [-0.3, -0.25) is 0 Å². The minimum atomic E-state index is 0.158. The Kier molecular flexibility index (Phi) is 5.53. The second kappa shape index (κ2) is 8.41. The summed E-state index contributed by atoms with van der Waals surface area (Å²) in [7, 11) is 5.35. The van der Waals surface area contributed by atoms with Gasteiger partial charge in [-0.1, -0.05) is 54.6 Å². The van der Waals surface area contributed by atoms with E-state index < -0.39 is 0 Å². The molecule has 30 heavy (non-hydrogen) atoms. The highest BCUT2D eigenvalue weighted by Crippen LogP contribution is 2.38.